The van der Waals surface area contributed by atoms with Crippen molar-refractivity contribution >= 4 is 23.4 Å². The molecule has 0 aliphatic carbocycles. The standard InChI is InChI=1S/C26H34N2O8/c1-26(2,3)36-25(30)28-20-6-4-5-19(17-20)24(29)27-21-7-8-22-23(18-21)35-16-14-33-12-10-31-9-11-32-13-15-34-22/h4-8,17-18H,9-16H2,1-3H3,(H,27,29)(H,28,30). The van der Waals surface area contributed by atoms with Crippen molar-refractivity contribution in [3.05, 3.63) is 48.0 Å². The Bertz CT molecular complexity index is 1010. The van der Waals surface area contributed by atoms with E-state index in [2.05, 4.69) is 10.6 Å². The van der Waals surface area contributed by atoms with Crippen LogP contribution in [0.25, 0.3) is 0 Å². The van der Waals surface area contributed by atoms with Crippen LogP contribution in [0.3, 0.4) is 0 Å². The zero-order valence-corrected chi connectivity index (χ0v) is 21.0. The number of carbonyl (C=O) groups is 2. The monoisotopic (exact) mass is 502 g/mol. The van der Waals surface area contributed by atoms with Gasteiger partial charge in [-0.1, -0.05) is 6.07 Å². The van der Waals surface area contributed by atoms with Crippen molar-refractivity contribution in [1.82, 2.24) is 0 Å². The molecule has 0 radical (unpaired) electrons. The van der Waals surface area contributed by atoms with Crippen molar-refractivity contribution < 1.29 is 38.0 Å². The molecule has 36 heavy (non-hydrogen) atoms. The third-order valence-electron chi connectivity index (χ3n) is 4.69. The Kier molecular flexibility index (Phi) is 10.3. The third-order valence-corrected chi connectivity index (χ3v) is 4.69. The van der Waals surface area contributed by atoms with Crippen LogP contribution in [0.2, 0.25) is 0 Å². The molecular weight excluding hydrogens is 468 g/mol. The number of anilines is 2. The fourth-order valence-electron chi connectivity index (χ4n) is 3.14. The maximum atomic E-state index is 12.9. The molecule has 2 N–H and O–H groups in total. The molecule has 0 aromatic heterocycles. The fourth-order valence-corrected chi connectivity index (χ4v) is 3.14. The third kappa shape index (κ3) is 9.73. The quantitative estimate of drug-likeness (QED) is 0.645. The summed E-state index contributed by atoms with van der Waals surface area (Å²) < 4.78 is 33.3. The summed E-state index contributed by atoms with van der Waals surface area (Å²) in [5.41, 5.74) is 0.708. The molecule has 196 valence electrons. The smallest absolute Gasteiger partial charge is 0.412 e. The molecular formula is C26H34N2O8. The van der Waals surface area contributed by atoms with E-state index in [1.54, 1.807) is 63.2 Å². The van der Waals surface area contributed by atoms with Crippen LogP contribution < -0.4 is 20.1 Å². The van der Waals surface area contributed by atoms with Gasteiger partial charge in [-0.3, -0.25) is 10.1 Å². The molecule has 0 spiro atoms. The fraction of sp³-hybridized carbons (Fsp3) is 0.462. The Labute approximate surface area is 211 Å². The Morgan fingerprint density at radius 2 is 1.31 bits per heavy atom. The number of rotatable bonds is 3. The molecule has 1 aliphatic heterocycles. The highest BCUT2D eigenvalue weighted by atomic mass is 16.6. The summed E-state index contributed by atoms with van der Waals surface area (Å²) in [6.45, 7) is 8.70. The van der Waals surface area contributed by atoms with Gasteiger partial charge in [-0.25, -0.2) is 4.79 Å². The molecule has 0 unspecified atom stereocenters. The number of nitrogens with one attached hydrogen (secondary N) is 2. The molecule has 0 atom stereocenters. The lowest BCUT2D eigenvalue weighted by Crippen LogP contribution is -2.27. The number of fused-ring (bicyclic) bond motifs is 1. The van der Waals surface area contributed by atoms with Gasteiger partial charge in [0.1, 0.15) is 18.8 Å². The predicted octanol–water partition coefficient (Wildman–Crippen LogP) is 4.11. The van der Waals surface area contributed by atoms with E-state index in [1.165, 1.54) is 0 Å². The molecule has 1 aliphatic rings. The van der Waals surface area contributed by atoms with Gasteiger partial charge in [0.15, 0.2) is 11.5 Å². The van der Waals surface area contributed by atoms with Crippen LogP contribution in [0.15, 0.2) is 42.5 Å². The highest BCUT2D eigenvalue weighted by Crippen LogP contribution is 2.31. The van der Waals surface area contributed by atoms with Crippen molar-refractivity contribution in [2.24, 2.45) is 0 Å². The van der Waals surface area contributed by atoms with E-state index < -0.39 is 11.7 Å². The van der Waals surface area contributed by atoms with Gasteiger partial charge in [-0.15, -0.1) is 0 Å². The normalized spacial score (nSPS) is 15.6. The van der Waals surface area contributed by atoms with Crippen molar-refractivity contribution in [3.63, 3.8) is 0 Å². The summed E-state index contributed by atoms with van der Waals surface area (Å²) in [7, 11) is 0. The second-order valence-corrected chi connectivity index (χ2v) is 8.86. The first-order valence-corrected chi connectivity index (χ1v) is 11.8. The molecule has 3 rings (SSSR count). The molecule has 2 aromatic carbocycles. The van der Waals surface area contributed by atoms with Gasteiger partial charge >= 0.3 is 6.09 Å². The Morgan fingerprint density at radius 1 is 0.722 bits per heavy atom. The molecule has 10 nitrogen and oxygen atoms in total. The zero-order valence-electron chi connectivity index (χ0n) is 21.0. The van der Waals surface area contributed by atoms with Crippen molar-refractivity contribution in [2.75, 3.05) is 63.5 Å². The van der Waals surface area contributed by atoms with E-state index in [0.717, 1.165) is 0 Å². The minimum absolute atomic E-state index is 0.308. The number of benzene rings is 2. The minimum atomic E-state index is -0.628. The van der Waals surface area contributed by atoms with Crippen LogP contribution in [0.5, 0.6) is 11.5 Å². The van der Waals surface area contributed by atoms with Crippen LogP contribution in [-0.4, -0.2) is 70.5 Å². The topological polar surface area (TPSA) is 114 Å². The summed E-state index contributed by atoms with van der Waals surface area (Å²) in [6, 6.07) is 11.7. The number of ether oxygens (including phenoxy) is 6. The highest BCUT2D eigenvalue weighted by Gasteiger charge is 2.17. The van der Waals surface area contributed by atoms with Crippen molar-refractivity contribution in [1.29, 1.82) is 0 Å². The van der Waals surface area contributed by atoms with Gasteiger partial charge in [-0.2, -0.15) is 0 Å². The van der Waals surface area contributed by atoms with Gasteiger partial charge in [-0.05, 0) is 51.1 Å². The van der Waals surface area contributed by atoms with Crippen LogP contribution in [0.1, 0.15) is 31.1 Å². The molecule has 2 amide bonds. The number of hydrogen-bond acceptors (Lipinski definition) is 8. The zero-order chi connectivity index (χ0) is 25.8. The maximum absolute atomic E-state index is 12.9. The molecule has 0 saturated carbocycles. The molecule has 0 saturated heterocycles. The van der Waals surface area contributed by atoms with Gasteiger partial charge in [0.2, 0.25) is 0 Å². The number of hydrogen-bond donors (Lipinski definition) is 2. The summed E-state index contributed by atoms with van der Waals surface area (Å²) >= 11 is 0. The van der Waals surface area contributed by atoms with Crippen molar-refractivity contribution in [2.45, 2.75) is 26.4 Å². The van der Waals surface area contributed by atoms with Gasteiger partial charge in [0.25, 0.3) is 5.91 Å². The molecule has 0 bridgehead atoms. The van der Waals surface area contributed by atoms with E-state index in [9.17, 15) is 9.59 Å². The lowest BCUT2D eigenvalue weighted by Gasteiger charge is -2.19. The largest absolute Gasteiger partial charge is 0.487 e. The first-order chi connectivity index (χ1) is 17.3. The first-order valence-electron chi connectivity index (χ1n) is 11.8. The maximum Gasteiger partial charge on any atom is 0.412 e. The average Bonchev–Trinajstić information content (AvgIpc) is 2.82. The highest BCUT2D eigenvalue weighted by molar-refractivity contribution is 6.05. The minimum Gasteiger partial charge on any atom is -0.487 e. The van der Waals surface area contributed by atoms with Crippen LogP contribution in [0.4, 0.5) is 16.2 Å². The summed E-state index contributed by atoms with van der Waals surface area (Å²) in [6.07, 6.45) is -0.596. The lowest BCUT2D eigenvalue weighted by atomic mass is 10.1. The molecule has 10 heteroatoms. The Morgan fingerprint density at radius 3 is 1.94 bits per heavy atom. The van der Waals surface area contributed by atoms with Crippen molar-refractivity contribution in [3.8, 4) is 11.5 Å². The summed E-state index contributed by atoms with van der Waals surface area (Å²) in [5.74, 6) is 0.659. The Hall–Kier alpha value is -3.34. The summed E-state index contributed by atoms with van der Waals surface area (Å²) in [4.78, 5) is 24.9. The lowest BCUT2D eigenvalue weighted by molar-refractivity contribution is 0.00708. The van der Waals surface area contributed by atoms with E-state index in [-0.39, 0.29) is 5.91 Å². The van der Waals surface area contributed by atoms with Gasteiger partial charge in [0.05, 0.1) is 39.6 Å². The average molecular weight is 503 g/mol. The van der Waals surface area contributed by atoms with E-state index in [4.69, 9.17) is 28.4 Å². The van der Waals surface area contributed by atoms with Crippen LogP contribution in [0, 0.1) is 0 Å². The second-order valence-electron chi connectivity index (χ2n) is 8.86. The Balaban J connectivity index is 1.65. The SMILES string of the molecule is CC(C)(C)OC(=O)Nc1cccc(C(=O)Nc2ccc3c(c2)OCCOCCOCCOCCO3)c1. The predicted molar refractivity (Wildman–Crippen MR) is 134 cm³/mol. The second kappa shape index (κ2) is 13.7. The molecule has 0 fully saturated rings. The number of amides is 2. The molecule has 1 heterocycles. The molecule has 2 aromatic rings. The van der Waals surface area contributed by atoms with Gasteiger partial charge < -0.3 is 33.7 Å². The van der Waals surface area contributed by atoms with Gasteiger partial charge in [0, 0.05) is 23.0 Å². The van der Waals surface area contributed by atoms with Crippen LogP contribution >= 0.6 is 0 Å². The number of carbonyl (C=O) groups excluding carboxylic acids is 2. The van der Waals surface area contributed by atoms with E-state index >= 15 is 0 Å². The van der Waals surface area contributed by atoms with Crippen LogP contribution in [-0.2, 0) is 18.9 Å². The summed E-state index contributed by atoms with van der Waals surface area (Å²) in [5, 5.41) is 5.49. The van der Waals surface area contributed by atoms with E-state index in [1.807, 2.05) is 0 Å². The first kappa shape index (κ1) is 27.3. The van der Waals surface area contributed by atoms with E-state index in [0.29, 0.717) is 81.3 Å².